The molecule has 6 aromatic carbocycles. The number of hydrogen-bond donors (Lipinski definition) is 0. The Labute approximate surface area is 259 Å². The lowest BCUT2D eigenvalue weighted by Crippen LogP contribution is -2.10. The van der Waals surface area contributed by atoms with Crippen molar-refractivity contribution in [3.8, 4) is 44.5 Å². The van der Waals surface area contributed by atoms with E-state index in [0.29, 0.717) is 0 Å². The average Bonchev–Trinajstić information content (AvgIpc) is 3.79. The van der Waals surface area contributed by atoms with E-state index in [1.807, 2.05) is 0 Å². The van der Waals surface area contributed by atoms with Gasteiger partial charge < -0.3 is 4.90 Å². The average molecular weight is 564 g/mol. The summed E-state index contributed by atoms with van der Waals surface area (Å²) in [4.78, 5) is 2.38. The molecule has 1 nitrogen and oxygen atoms in total. The number of rotatable bonds is 2. The molecule has 0 bridgehead atoms. The van der Waals surface area contributed by atoms with Crippen LogP contribution >= 0.6 is 0 Å². The summed E-state index contributed by atoms with van der Waals surface area (Å²) in [6.07, 6.45) is 4.12. The van der Waals surface area contributed by atoms with Crippen molar-refractivity contribution in [1.82, 2.24) is 0 Å². The van der Waals surface area contributed by atoms with Crippen molar-refractivity contribution in [2.45, 2.75) is 39.5 Å². The zero-order valence-electron chi connectivity index (χ0n) is 25.5. The maximum Gasteiger partial charge on any atom is 0.0411 e. The van der Waals surface area contributed by atoms with Crippen LogP contribution in [-0.4, -0.2) is 7.05 Å². The second kappa shape index (κ2) is 8.61. The smallest absolute Gasteiger partial charge is 0.0411 e. The Bertz CT molecular complexity index is 2100. The van der Waals surface area contributed by atoms with Gasteiger partial charge in [-0.1, -0.05) is 72.8 Å². The zero-order valence-corrected chi connectivity index (χ0v) is 25.5. The van der Waals surface area contributed by atoms with Gasteiger partial charge in [0, 0.05) is 18.4 Å². The Morgan fingerprint density at radius 3 is 1.32 bits per heavy atom. The Morgan fingerprint density at radius 2 is 0.841 bits per heavy atom. The summed E-state index contributed by atoms with van der Waals surface area (Å²) >= 11 is 0. The Kier molecular flexibility index (Phi) is 4.80. The van der Waals surface area contributed by atoms with E-state index in [2.05, 4.69) is 123 Å². The van der Waals surface area contributed by atoms with Gasteiger partial charge in [0.05, 0.1) is 0 Å². The molecule has 0 amide bonds. The Balaban J connectivity index is 1.02. The lowest BCUT2D eigenvalue weighted by molar-refractivity contribution is 1.17. The molecule has 0 saturated heterocycles. The second-order valence-corrected chi connectivity index (χ2v) is 13.4. The van der Waals surface area contributed by atoms with Crippen LogP contribution < -0.4 is 4.90 Å². The molecule has 1 heteroatoms. The summed E-state index contributed by atoms with van der Waals surface area (Å²) in [5.74, 6) is 0. The van der Waals surface area contributed by atoms with Crippen LogP contribution in [0.3, 0.4) is 0 Å². The maximum atomic E-state index is 2.46. The minimum Gasteiger partial charge on any atom is -0.345 e. The maximum absolute atomic E-state index is 2.46. The third-order valence-corrected chi connectivity index (χ3v) is 11.0. The van der Waals surface area contributed by atoms with Gasteiger partial charge in [0.15, 0.2) is 0 Å². The van der Waals surface area contributed by atoms with Crippen LogP contribution in [0.25, 0.3) is 44.5 Å². The highest BCUT2D eigenvalue weighted by atomic mass is 15.1. The standard InChI is InChI=1S/C43H33N/c1-24-16-30-18-28-20-32(12-14-36(28)40(30)42-34-10-6-4-8-26(34)22-38(24)42)44(3)33-13-15-37-29(21-33)19-31-17-25(2)39-23-27-9-5-7-11-35(27)43(39)41(31)37/h4-17,20-21H,18-19,22-23H2,1-3H3. The van der Waals surface area contributed by atoms with Crippen LogP contribution in [0.2, 0.25) is 0 Å². The van der Waals surface area contributed by atoms with E-state index in [1.165, 1.54) is 112 Å². The molecule has 10 rings (SSSR count). The number of nitrogens with zero attached hydrogens (tertiary/aromatic N) is 1. The predicted octanol–water partition coefficient (Wildman–Crippen LogP) is 10.4. The van der Waals surface area contributed by atoms with Gasteiger partial charge >= 0.3 is 0 Å². The van der Waals surface area contributed by atoms with E-state index in [9.17, 15) is 0 Å². The first kappa shape index (κ1) is 24.6. The van der Waals surface area contributed by atoms with E-state index < -0.39 is 0 Å². The molecule has 4 aliphatic carbocycles. The van der Waals surface area contributed by atoms with Crippen LogP contribution in [0.1, 0.15) is 55.6 Å². The van der Waals surface area contributed by atoms with E-state index in [0.717, 1.165) is 25.7 Å². The summed E-state index contributed by atoms with van der Waals surface area (Å²) in [6.45, 7) is 4.60. The van der Waals surface area contributed by atoms with Crippen molar-refractivity contribution in [3.05, 3.63) is 153 Å². The molecule has 0 N–H and O–H groups in total. The van der Waals surface area contributed by atoms with Crippen molar-refractivity contribution in [2.75, 3.05) is 11.9 Å². The van der Waals surface area contributed by atoms with E-state index in [1.54, 1.807) is 0 Å². The molecule has 0 aliphatic heterocycles. The third-order valence-electron chi connectivity index (χ3n) is 11.0. The molecule has 0 saturated carbocycles. The van der Waals surface area contributed by atoms with Crippen LogP contribution in [0.4, 0.5) is 11.4 Å². The first-order valence-electron chi connectivity index (χ1n) is 16.0. The highest BCUT2D eigenvalue weighted by molar-refractivity contribution is 5.98. The van der Waals surface area contributed by atoms with Gasteiger partial charge in [0.2, 0.25) is 0 Å². The highest BCUT2D eigenvalue weighted by Crippen LogP contribution is 2.52. The summed E-state index contributed by atoms with van der Waals surface area (Å²) in [5.41, 5.74) is 28.8. The summed E-state index contributed by atoms with van der Waals surface area (Å²) < 4.78 is 0. The summed E-state index contributed by atoms with van der Waals surface area (Å²) in [6, 6.07) is 37.2. The third kappa shape index (κ3) is 3.19. The van der Waals surface area contributed by atoms with E-state index >= 15 is 0 Å². The molecule has 0 heterocycles. The quantitative estimate of drug-likeness (QED) is 0.202. The normalized spacial score (nSPS) is 13.9. The van der Waals surface area contributed by atoms with Gasteiger partial charge in [-0.15, -0.1) is 0 Å². The summed E-state index contributed by atoms with van der Waals surface area (Å²) in [5, 5.41) is 0. The first-order valence-corrected chi connectivity index (χ1v) is 16.0. The number of benzene rings is 6. The number of anilines is 2. The molecular formula is C43H33N. The molecule has 4 aliphatic rings. The lowest BCUT2D eigenvalue weighted by atomic mass is 9.91. The molecule has 210 valence electrons. The lowest BCUT2D eigenvalue weighted by Gasteiger charge is -2.22. The molecular weight excluding hydrogens is 530 g/mol. The highest BCUT2D eigenvalue weighted by Gasteiger charge is 2.32. The predicted molar refractivity (Wildman–Crippen MR) is 183 cm³/mol. The molecule has 0 spiro atoms. The monoisotopic (exact) mass is 563 g/mol. The molecule has 0 fully saturated rings. The van der Waals surface area contributed by atoms with Crippen molar-refractivity contribution < 1.29 is 0 Å². The van der Waals surface area contributed by atoms with Gasteiger partial charge in [-0.2, -0.15) is 0 Å². The van der Waals surface area contributed by atoms with E-state index in [-0.39, 0.29) is 0 Å². The zero-order chi connectivity index (χ0) is 29.3. The Morgan fingerprint density at radius 1 is 0.409 bits per heavy atom. The van der Waals surface area contributed by atoms with Gasteiger partial charge in [-0.05, 0) is 164 Å². The molecule has 6 aromatic rings. The van der Waals surface area contributed by atoms with Crippen LogP contribution in [0, 0.1) is 13.8 Å². The molecule has 0 atom stereocenters. The van der Waals surface area contributed by atoms with Crippen molar-refractivity contribution >= 4 is 11.4 Å². The fraction of sp³-hybridized carbons (Fsp3) is 0.163. The van der Waals surface area contributed by atoms with Crippen LogP contribution in [0.5, 0.6) is 0 Å². The van der Waals surface area contributed by atoms with Crippen molar-refractivity contribution in [3.63, 3.8) is 0 Å². The van der Waals surface area contributed by atoms with Gasteiger partial charge in [-0.3, -0.25) is 0 Å². The van der Waals surface area contributed by atoms with Gasteiger partial charge in [0.25, 0.3) is 0 Å². The largest absolute Gasteiger partial charge is 0.345 e. The van der Waals surface area contributed by atoms with Crippen LogP contribution in [0.15, 0.2) is 97.1 Å². The van der Waals surface area contributed by atoms with Crippen molar-refractivity contribution in [2.24, 2.45) is 0 Å². The SMILES string of the molecule is Cc1cc2c(c3c1Cc1ccccc1-3)-c1ccc(N(C)c3ccc4c(c3)Cc3cc(C)c5c(c3-4)-c3ccccc3C5)cc1C2. The van der Waals surface area contributed by atoms with E-state index in [4.69, 9.17) is 0 Å². The first-order chi connectivity index (χ1) is 21.5. The number of hydrogen-bond acceptors (Lipinski definition) is 1. The number of fused-ring (bicyclic) bond motifs is 14. The fourth-order valence-corrected chi connectivity index (χ4v) is 8.94. The second-order valence-electron chi connectivity index (χ2n) is 13.4. The number of aryl methyl sites for hydroxylation is 2. The van der Waals surface area contributed by atoms with Gasteiger partial charge in [0.1, 0.15) is 0 Å². The minimum absolute atomic E-state index is 1.01. The van der Waals surface area contributed by atoms with Crippen LogP contribution in [-0.2, 0) is 25.7 Å². The fourth-order valence-electron chi connectivity index (χ4n) is 8.94. The topological polar surface area (TPSA) is 3.24 Å². The minimum atomic E-state index is 1.01. The summed E-state index contributed by atoms with van der Waals surface area (Å²) in [7, 11) is 2.23. The molecule has 0 unspecified atom stereocenters. The van der Waals surface area contributed by atoms with Gasteiger partial charge in [-0.25, -0.2) is 0 Å². The Hall–Kier alpha value is -4.88. The molecule has 44 heavy (non-hydrogen) atoms. The van der Waals surface area contributed by atoms with Crippen molar-refractivity contribution in [1.29, 1.82) is 0 Å². The molecule has 0 aromatic heterocycles. The molecule has 0 radical (unpaired) electrons.